The van der Waals surface area contributed by atoms with Gasteiger partial charge in [-0.25, -0.2) is 0 Å². The zero-order valence-corrected chi connectivity index (χ0v) is 12.9. The lowest BCUT2D eigenvalue weighted by Gasteiger charge is -2.07. The number of aryl methyl sites for hydroxylation is 1. The number of nitrogens with zero attached hydrogens (tertiary/aromatic N) is 1. The summed E-state index contributed by atoms with van der Waals surface area (Å²) in [6.45, 7) is 2.14. The predicted molar refractivity (Wildman–Crippen MR) is 89.6 cm³/mol. The third-order valence-corrected chi connectivity index (χ3v) is 4.10. The van der Waals surface area contributed by atoms with Gasteiger partial charge in [-0.1, -0.05) is 58.5 Å². The summed E-state index contributed by atoms with van der Waals surface area (Å²) in [5.41, 5.74) is 4.90. The molecule has 0 radical (unpaired) electrons. The molecular weight excluding hydrogens is 345 g/mol. The highest BCUT2D eigenvalue weighted by Crippen LogP contribution is 2.24. The summed E-state index contributed by atoms with van der Waals surface area (Å²) in [4.78, 5) is 4.59. The van der Waals surface area contributed by atoms with E-state index in [0.29, 0.717) is 0 Å². The molecule has 0 atom stereocenters. The fourth-order valence-electron chi connectivity index (χ4n) is 2.33. The molecule has 2 aromatic carbocycles. The van der Waals surface area contributed by atoms with Gasteiger partial charge >= 0.3 is 0 Å². The topological polar surface area (TPSA) is 12.9 Å². The van der Waals surface area contributed by atoms with Crippen LogP contribution in [0.1, 0.15) is 11.1 Å². The van der Waals surface area contributed by atoms with Crippen molar-refractivity contribution in [3.8, 4) is 11.3 Å². The minimum atomic E-state index is 1.03. The second kappa shape index (κ2) is 5.29. The van der Waals surface area contributed by atoms with Crippen molar-refractivity contribution >= 4 is 33.4 Å². The van der Waals surface area contributed by atoms with E-state index >= 15 is 0 Å². The maximum Gasteiger partial charge on any atom is 0.0708 e. The minimum Gasteiger partial charge on any atom is -0.256 e. The Kier molecular flexibility index (Phi) is 3.51. The third-order valence-electron chi connectivity index (χ3n) is 3.22. The number of hydrogen-bond donors (Lipinski definition) is 0. The summed E-state index contributed by atoms with van der Waals surface area (Å²) in [5, 5.41) is 2.43. The van der Waals surface area contributed by atoms with Gasteiger partial charge < -0.3 is 0 Å². The minimum absolute atomic E-state index is 1.03. The Balaban J connectivity index is 2.15. The molecule has 0 amide bonds. The van der Waals surface area contributed by atoms with E-state index in [0.717, 1.165) is 10.1 Å². The Bertz CT molecular complexity index is 734. The number of alkyl halides is 1. The first-order valence-electron chi connectivity index (χ1n) is 6.28. The maximum atomic E-state index is 4.59. The van der Waals surface area contributed by atoms with Crippen LogP contribution < -0.4 is 0 Å². The monoisotopic (exact) mass is 359 g/mol. The van der Waals surface area contributed by atoms with Gasteiger partial charge in [0.2, 0.25) is 0 Å². The molecule has 1 heterocycles. The van der Waals surface area contributed by atoms with Gasteiger partial charge in [0.1, 0.15) is 0 Å². The molecule has 0 aliphatic carbocycles. The van der Waals surface area contributed by atoms with Crippen molar-refractivity contribution in [3.63, 3.8) is 0 Å². The molecule has 0 fully saturated rings. The zero-order valence-electron chi connectivity index (χ0n) is 10.7. The number of aromatic nitrogens is 1. The Morgan fingerprint density at radius 2 is 1.79 bits per heavy atom. The first-order valence-corrected chi connectivity index (χ1v) is 7.80. The van der Waals surface area contributed by atoms with Gasteiger partial charge in [0.25, 0.3) is 0 Å². The number of hydrogen-bond acceptors (Lipinski definition) is 1. The molecule has 1 aromatic heterocycles. The summed E-state index contributed by atoms with van der Waals surface area (Å²) >= 11 is 2.40. The molecule has 0 unspecified atom stereocenters. The normalized spacial score (nSPS) is 10.8. The van der Waals surface area contributed by atoms with Gasteiger partial charge in [0.15, 0.2) is 0 Å². The second-order valence-corrected chi connectivity index (χ2v) is 5.52. The molecule has 19 heavy (non-hydrogen) atoms. The molecular formula is C17H14IN. The van der Waals surface area contributed by atoms with E-state index in [2.05, 4.69) is 77.0 Å². The van der Waals surface area contributed by atoms with Crippen LogP contribution in [0.5, 0.6) is 0 Å². The van der Waals surface area contributed by atoms with Crippen molar-refractivity contribution in [2.75, 3.05) is 0 Å². The first-order chi connectivity index (χ1) is 9.26. The van der Waals surface area contributed by atoms with Gasteiger partial charge in [-0.05, 0) is 36.1 Å². The molecule has 0 N–H and O–H groups in total. The lowest BCUT2D eigenvalue weighted by Crippen LogP contribution is -1.88. The molecule has 0 saturated heterocycles. The molecule has 3 aromatic rings. The van der Waals surface area contributed by atoms with E-state index < -0.39 is 0 Å². The van der Waals surface area contributed by atoms with Crippen LogP contribution in [0.2, 0.25) is 0 Å². The number of rotatable bonds is 2. The number of halogens is 1. The van der Waals surface area contributed by atoms with Crippen LogP contribution in [0.25, 0.3) is 22.0 Å². The molecule has 0 saturated carbocycles. The summed E-state index contributed by atoms with van der Waals surface area (Å²) in [6.07, 6.45) is 1.96. The first kappa shape index (κ1) is 12.6. The Morgan fingerprint density at radius 3 is 2.58 bits per heavy atom. The molecule has 0 bridgehead atoms. The average molecular weight is 359 g/mol. The van der Waals surface area contributed by atoms with Crippen LogP contribution >= 0.6 is 22.6 Å². The van der Waals surface area contributed by atoms with Gasteiger partial charge in [0.05, 0.1) is 5.69 Å². The summed E-state index contributed by atoms with van der Waals surface area (Å²) in [7, 11) is 0. The lowest BCUT2D eigenvalue weighted by atomic mass is 10.0. The number of fused-ring (bicyclic) bond motifs is 1. The summed E-state index contributed by atoms with van der Waals surface area (Å²) in [5.74, 6) is 0. The Labute approximate surface area is 126 Å². The summed E-state index contributed by atoms with van der Waals surface area (Å²) in [6, 6.07) is 17.2. The van der Waals surface area contributed by atoms with Crippen molar-refractivity contribution in [2.24, 2.45) is 0 Å². The van der Waals surface area contributed by atoms with Crippen molar-refractivity contribution in [1.82, 2.24) is 4.98 Å². The Morgan fingerprint density at radius 1 is 1.00 bits per heavy atom. The van der Waals surface area contributed by atoms with Crippen molar-refractivity contribution in [2.45, 2.75) is 11.4 Å². The third kappa shape index (κ3) is 2.63. The van der Waals surface area contributed by atoms with Gasteiger partial charge in [-0.15, -0.1) is 0 Å². The van der Waals surface area contributed by atoms with Crippen molar-refractivity contribution < 1.29 is 0 Å². The largest absolute Gasteiger partial charge is 0.256 e. The molecule has 94 valence electrons. The van der Waals surface area contributed by atoms with E-state index in [1.807, 2.05) is 12.3 Å². The standard InChI is InChI=1S/C17H14IN/c1-12-6-13(10-18)8-16(7-12)17-9-14-4-2-3-5-15(14)11-19-17/h2-9,11H,10H2,1H3. The second-order valence-electron chi connectivity index (χ2n) is 4.76. The maximum absolute atomic E-state index is 4.59. The van der Waals surface area contributed by atoms with E-state index in [-0.39, 0.29) is 0 Å². The van der Waals surface area contributed by atoms with E-state index in [9.17, 15) is 0 Å². The predicted octanol–water partition coefficient (Wildman–Crippen LogP) is 5.15. The fraction of sp³-hybridized carbons (Fsp3) is 0.118. The van der Waals surface area contributed by atoms with Crippen LogP contribution in [-0.2, 0) is 4.43 Å². The van der Waals surface area contributed by atoms with Crippen LogP contribution in [0.3, 0.4) is 0 Å². The fourth-order valence-corrected chi connectivity index (χ4v) is 2.77. The highest BCUT2D eigenvalue weighted by atomic mass is 127. The zero-order chi connectivity index (χ0) is 13.2. The van der Waals surface area contributed by atoms with Crippen LogP contribution in [0, 0.1) is 6.92 Å². The van der Waals surface area contributed by atoms with E-state index in [1.165, 1.54) is 27.5 Å². The van der Waals surface area contributed by atoms with Gasteiger partial charge in [0, 0.05) is 21.6 Å². The average Bonchev–Trinajstić information content (AvgIpc) is 2.46. The summed E-state index contributed by atoms with van der Waals surface area (Å²) < 4.78 is 1.03. The molecule has 3 rings (SSSR count). The molecule has 0 spiro atoms. The highest BCUT2D eigenvalue weighted by molar-refractivity contribution is 14.1. The molecule has 0 aliphatic rings. The van der Waals surface area contributed by atoms with Crippen LogP contribution in [0.15, 0.2) is 54.7 Å². The molecule has 1 nitrogen and oxygen atoms in total. The smallest absolute Gasteiger partial charge is 0.0708 e. The number of pyridine rings is 1. The highest BCUT2D eigenvalue weighted by Gasteiger charge is 2.03. The van der Waals surface area contributed by atoms with Crippen molar-refractivity contribution in [1.29, 1.82) is 0 Å². The van der Waals surface area contributed by atoms with Gasteiger partial charge in [-0.3, -0.25) is 4.98 Å². The van der Waals surface area contributed by atoms with Crippen molar-refractivity contribution in [3.05, 3.63) is 65.9 Å². The van der Waals surface area contributed by atoms with E-state index in [1.54, 1.807) is 0 Å². The molecule has 0 aliphatic heterocycles. The van der Waals surface area contributed by atoms with Crippen LogP contribution in [0.4, 0.5) is 0 Å². The Hall–Kier alpha value is -1.42. The van der Waals surface area contributed by atoms with Crippen LogP contribution in [-0.4, -0.2) is 4.98 Å². The SMILES string of the molecule is Cc1cc(CI)cc(-c2cc3ccccc3cn2)c1. The lowest BCUT2D eigenvalue weighted by molar-refractivity contribution is 1.32. The molecule has 2 heteroatoms. The quantitative estimate of drug-likeness (QED) is 0.456. The number of benzene rings is 2. The van der Waals surface area contributed by atoms with E-state index in [4.69, 9.17) is 0 Å². The van der Waals surface area contributed by atoms with Gasteiger partial charge in [-0.2, -0.15) is 0 Å².